The summed E-state index contributed by atoms with van der Waals surface area (Å²) in [4.78, 5) is 53.5. The number of imide groups is 1. The lowest BCUT2D eigenvalue weighted by molar-refractivity contribution is -0.131. The summed E-state index contributed by atoms with van der Waals surface area (Å²) in [5, 5.41) is 5.62. The number of amides is 3. The van der Waals surface area contributed by atoms with E-state index in [0.717, 1.165) is 18.4 Å². The Bertz CT molecular complexity index is 1040. The molecule has 1 saturated heterocycles. The fourth-order valence-electron chi connectivity index (χ4n) is 3.63. The third kappa shape index (κ3) is 3.54. The molecule has 1 saturated carbocycles. The van der Waals surface area contributed by atoms with Crippen molar-refractivity contribution in [3.63, 3.8) is 0 Å². The molecule has 8 heteroatoms. The van der Waals surface area contributed by atoms with E-state index < -0.39 is 11.9 Å². The molecule has 0 bridgehead atoms. The van der Waals surface area contributed by atoms with E-state index >= 15 is 0 Å². The number of aryl methyl sites for hydroxylation is 1. The highest BCUT2D eigenvalue weighted by Gasteiger charge is 2.30. The molecule has 3 amide bonds. The summed E-state index contributed by atoms with van der Waals surface area (Å²) in [6.45, 7) is 2.03. The minimum Gasteiger partial charge on any atom is -0.352 e. The van der Waals surface area contributed by atoms with Gasteiger partial charge in [-0.15, -0.1) is 0 Å². The fraction of sp³-hybridized carbons (Fsp3) is 0.450. The van der Waals surface area contributed by atoms with Gasteiger partial charge in [0.2, 0.25) is 17.7 Å². The average molecular weight is 382 g/mol. The summed E-state index contributed by atoms with van der Waals surface area (Å²) in [5.74, 6) is -0.193. The maximum absolute atomic E-state index is 13.2. The van der Waals surface area contributed by atoms with Gasteiger partial charge in [0.1, 0.15) is 11.9 Å². The van der Waals surface area contributed by atoms with Gasteiger partial charge in [0.15, 0.2) is 0 Å². The van der Waals surface area contributed by atoms with E-state index in [1.807, 2.05) is 6.07 Å². The average Bonchev–Trinajstić information content (AvgIpc) is 3.50. The third-order valence-corrected chi connectivity index (χ3v) is 5.31. The second-order valence-electron chi connectivity index (χ2n) is 7.50. The number of aromatic nitrogens is 2. The van der Waals surface area contributed by atoms with Crippen molar-refractivity contribution in [3.8, 4) is 0 Å². The molecule has 1 aliphatic heterocycles. The first kappa shape index (κ1) is 18.3. The van der Waals surface area contributed by atoms with Crippen LogP contribution in [0.25, 0.3) is 10.9 Å². The molecule has 1 aromatic heterocycles. The zero-order valence-corrected chi connectivity index (χ0v) is 15.7. The number of hydrogen-bond donors (Lipinski definition) is 2. The standard InChI is InChI=1S/C20H22N4O4/c1-11-22-15-8-5-12(10-21-18(26)13-6-7-13)9-14(15)20(28)24(11)16-3-2-4-17(25)23-19(16)27/h5,8-9,13,16H,2-4,6-7,10H2,1H3,(H,21,26)(H,23,25,27). The van der Waals surface area contributed by atoms with E-state index in [0.29, 0.717) is 36.1 Å². The number of fused-ring (bicyclic) bond motifs is 1. The van der Waals surface area contributed by atoms with Gasteiger partial charge in [-0.25, -0.2) is 4.98 Å². The van der Waals surface area contributed by atoms with E-state index in [9.17, 15) is 19.2 Å². The molecule has 8 nitrogen and oxygen atoms in total. The third-order valence-electron chi connectivity index (χ3n) is 5.31. The maximum Gasteiger partial charge on any atom is 0.262 e. The van der Waals surface area contributed by atoms with E-state index in [1.165, 1.54) is 4.57 Å². The van der Waals surface area contributed by atoms with Gasteiger partial charge in [-0.2, -0.15) is 0 Å². The first-order valence-corrected chi connectivity index (χ1v) is 9.57. The second kappa shape index (κ2) is 7.18. The van der Waals surface area contributed by atoms with Crippen molar-refractivity contribution >= 4 is 28.6 Å². The van der Waals surface area contributed by atoms with Crippen molar-refractivity contribution in [1.82, 2.24) is 20.2 Å². The number of nitrogens with zero attached hydrogens (tertiary/aromatic N) is 2. The Morgan fingerprint density at radius 1 is 1.25 bits per heavy atom. The molecule has 1 atom stereocenters. The zero-order valence-electron chi connectivity index (χ0n) is 15.7. The molecule has 0 spiro atoms. The smallest absolute Gasteiger partial charge is 0.262 e. The van der Waals surface area contributed by atoms with Gasteiger partial charge in [0, 0.05) is 18.9 Å². The molecule has 4 rings (SSSR count). The predicted octanol–water partition coefficient (Wildman–Crippen LogP) is 1.10. The molecule has 0 radical (unpaired) electrons. The number of carbonyl (C=O) groups excluding carboxylic acids is 3. The Kier molecular flexibility index (Phi) is 4.70. The molecule has 28 heavy (non-hydrogen) atoms. The van der Waals surface area contributed by atoms with Gasteiger partial charge < -0.3 is 5.32 Å². The molecule has 1 aliphatic carbocycles. The van der Waals surface area contributed by atoms with Gasteiger partial charge in [-0.1, -0.05) is 6.07 Å². The summed E-state index contributed by atoms with van der Waals surface area (Å²) >= 11 is 0. The van der Waals surface area contributed by atoms with Crippen molar-refractivity contribution < 1.29 is 14.4 Å². The maximum atomic E-state index is 13.2. The highest BCUT2D eigenvalue weighted by Crippen LogP contribution is 2.28. The zero-order chi connectivity index (χ0) is 19.8. The minimum atomic E-state index is -0.755. The lowest BCUT2D eigenvalue weighted by Gasteiger charge is -2.19. The van der Waals surface area contributed by atoms with Gasteiger partial charge in [-0.05, 0) is 50.3 Å². The summed E-state index contributed by atoms with van der Waals surface area (Å²) < 4.78 is 1.38. The molecule has 2 heterocycles. The minimum absolute atomic E-state index is 0.0410. The van der Waals surface area contributed by atoms with Crippen LogP contribution in [0.2, 0.25) is 0 Å². The van der Waals surface area contributed by atoms with E-state index in [-0.39, 0.29) is 29.7 Å². The Labute approximate surface area is 161 Å². The SMILES string of the molecule is Cc1nc2ccc(CNC(=O)C3CC3)cc2c(=O)n1C1CCCC(=O)NC1=O. The van der Waals surface area contributed by atoms with Crippen molar-refractivity contribution in [3.05, 3.63) is 39.9 Å². The van der Waals surface area contributed by atoms with Crippen molar-refractivity contribution in [2.45, 2.75) is 51.6 Å². The Hall–Kier alpha value is -3.03. The van der Waals surface area contributed by atoms with E-state index in [4.69, 9.17) is 0 Å². The quantitative estimate of drug-likeness (QED) is 0.770. The Morgan fingerprint density at radius 3 is 2.79 bits per heavy atom. The number of hydrogen-bond acceptors (Lipinski definition) is 5. The van der Waals surface area contributed by atoms with Crippen LogP contribution < -0.4 is 16.2 Å². The lowest BCUT2D eigenvalue weighted by Crippen LogP contribution is -2.39. The van der Waals surface area contributed by atoms with Crippen LogP contribution in [-0.2, 0) is 20.9 Å². The highest BCUT2D eigenvalue weighted by atomic mass is 16.2. The molecule has 146 valence electrons. The van der Waals surface area contributed by atoms with Crippen LogP contribution in [0.3, 0.4) is 0 Å². The highest BCUT2D eigenvalue weighted by molar-refractivity contribution is 5.98. The summed E-state index contributed by atoms with van der Waals surface area (Å²) in [5.41, 5.74) is 1.03. The van der Waals surface area contributed by atoms with Crippen LogP contribution in [0, 0.1) is 12.8 Å². The lowest BCUT2D eigenvalue weighted by atomic mass is 10.1. The molecule has 1 unspecified atom stereocenters. The van der Waals surface area contributed by atoms with Crippen LogP contribution in [0.4, 0.5) is 0 Å². The van der Waals surface area contributed by atoms with E-state index in [2.05, 4.69) is 15.6 Å². The number of benzene rings is 1. The van der Waals surface area contributed by atoms with Crippen molar-refractivity contribution in [2.75, 3.05) is 0 Å². The molecule has 2 aliphatic rings. The number of rotatable bonds is 4. The molecular weight excluding hydrogens is 360 g/mol. The summed E-state index contributed by atoms with van der Waals surface area (Å²) in [6, 6.07) is 4.55. The molecule has 2 aromatic rings. The molecule has 2 fully saturated rings. The number of carbonyl (C=O) groups is 3. The fourth-order valence-corrected chi connectivity index (χ4v) is 3.63. The van der Waals surface area contributed by atoms with Gasteiger partial charge >= 0.3 is 0 Å². The topological polar surface area (TPSA) is 110 Å². The van der Waals surface area contributed by atoms with Crippen LogP contribution >= 0.6 is 0 Å². The first-order valence-electron chi connectivity index (χ1n) is 9.57. The van der Waals surface area contributed by atoms with Crippen LogP contribution in [-0.4, -0.2) is 27.3 Å². The Balaban J connectivity index is 1.68. The van der Waals surface area contributed by atoms with Crippen LogP contribution in [0.5, 0.6) is 0 Å². The monoisotopic (exact) mass is 382 g/mol. The normalized spacial score (nSPS) is 20.0. The predicted molar refractivity (Wildman–Crippen MR) is 101 cm³/mol. The molecule has 2 N–H and O–H groups in total. The number of nitrogens with one attached hydrogen (secondary N) is 2. The summed E-state index contributed by atoms with van der Waals surface area (Å²) in [6.07, 6.45) is 3.07. The van der Waals surface area contributed by atoms with Crippen molar-refractivity contribution in [2.24, 2.45) is 5.92 Å². The van der Waals surface area contributed by atoms with Crippen molar-refractivity contribution in [1.29, 1.82) is 0 Å². The largest absolute Gasteiger partial charge is 0.352 e. The molecule has 1 aromatic carbocycles. The van der Waals surface area contributed by atoms with Crippen LogP contribution in [0.1, 0.15) is 49.5 Å². The van der Waals surface area contributed by atoms with E-state index in [1.54, 1.807) is 19.1 Å². The van der Waals surface area contributed by atoms with Gasteiger partial charge in [0.05, 0.1) is 10.9 Å². The van der Waals surface area contributed by atoms with Crippen LogP contribution in [0.15, 0.2) is 23.0 Å². The molecular formula is C20H22N4O4. The van der Waals surface area contributed by atoms with Gasteiger partial charge in [0.25, 0.3) is 5.56 Å². The van der Waals surface area contributed by atoms with Gasteiger partial charge in [-0.3, -0.25) is 29.1 Å². The summed E-state index contributed by atoms with van der Waals surface area (Å²) in [7, 11) is 0. The second-order valence-corrected chi connectivity index (χ2v) is 7.50. The first-order chi connectivity index (χ1) is 13.4. The Morgan fingerprint density at radius 2 is 2.04 bits per heavy atom.